The molecule has 0 aliphatic carbocycles. The molecule has 0 bridgehead atoms. The number of rotatable bonds is 8. The van der Waals surface area contributed by atoms with Crippen LogP contribution in [0.3, 0.4) is 0 Å². The van der Waals surface area contributed by atoms with Crippen molar-refractivity contribution in [1.82, 2.24) is 14.9 Å². The largest absolute Gasteiger partial charge is 0.489 e. The number of hydrogen-bond acceptors (Lipinski definition) is 3. The molecule has 0 radical (unpaired) electrons. The molecule has 5 heteroatoms. The van der Waals surface area contributed by atoms with Crippen molar-refractivity contribution in [3.63, 3.8) is 0 Å². The minimum Gasteiger partial charge on any atom is -0.489 e. The first kappa shape index (κ1) is 17.7. The molecule has 1 N–H and O–H groups in total. The summed E-state index contributed by atoms with van der Waals surface area (Å²) in [6, 6.07) is 15.5. The highest BCUT2D eigenvalue weighted by atomic mass is 16.5. The van der Waals surface area contributed by atoms with Crippen LogP contribution in [0, 0.1) is 6.92 Å². The van der Waals surface area contributed by atoms with E-state index in [4.69, 9.17) is 4.74 Å². The van der Waals surface area contributed by atoms with Crippen LogP contribution in [0.1, 0.15) is 27.9 Å². The van der Waals surface area contributed by atoms with Gasteiger partial charge < -0.3 is 14.6 Å². The summed E-state index contributed by atoms with van der Waals surface area (Å²) >= 11 is 0. The van der Waals surface area contributed by atoms with Crippen molar-refractivity contribution in [3.05, 3.63) is 83.9 Å². The van der Waals surface area contributed by atoms with Crippen LogP contribution in [0.2, 0.25) is 0 Å². The Balaban J connectivity index is 1.48. The van der Waals surface area contributed by atoms with Gasteiger partial charge >= 0.3 is 0 Å². The Morgan fingerprint density at radius 2 is 2.08 bits per heavy atom. The second-order valence-electron chi connectivity index (χ2n) is 6.22. The van der Waals surface area contributed by atoms with Crippen LogP contribution in [-0.4, -0.2) is 22.0 Å². The lowest BCUT2D eigenvalue weighted by atomic mass is 10.1. The molecule has 1 aromatic heterocycles. The standard InChI is InChI=1S/C21H23N3O2/c1-17-5-2-6-18(13-17)15-26-20-8-3-7-19(14-20)21(25)23-9-4-11-24-12-10-22-16-24/h2-3,5-8,10,12-14,16H,4,9,11,15H2,1H3,(H,23,25). The van der Waals surface area contributed by atoms with Crippen LogP contribution in [0.4, 0.5) is 0 Å². The Kier molecular flexibility index (Phi) is 6.04. The molecule has 2 aromatic carbocycles. The number of hydrogen-bond donors (Lipinski definition) is 1. The number of nitrogens with zero attached hydrogens (tertiary/aromatic N) is 2. The molecule has 3 rings (SSSR count). The van der Waals surface area contributed by atoms with Crippen molar-refractivity contribution >= 4 is 5.91 Å². The summed E-state index contributed by atoms with van der Waals surface area (Å²) in [5, 5.41) is 2.94. The molecule has 0 unspecified atom stereocenters. The molecule has 0 saturated heterocycles. The molecular formula is C21H23N3O2. The van der Waals surface area contributed by atoms with Crippen LogP contribution in [0.5, 0.6) is 5.75 Å². The number of carbonyl (C=O) groups is 1. The van der Waals surface area contributed by atoms with Gasteiger partial charge in [0.1, 0.15) is 12.4 Å². The monoisotopic (exact) mass is 349 g/mol. The fourth-order valence-corrected chi connectivity index (χ4v) is 2.68. The third-order valence-corrected chi connectivity index (χ3v) is 4.02. The van der Waals surface area contributed by atoms with E-state index < -0.39 is 0 Å². The van der Waals surface area contributed by atoms with E-state index in [9.17, 15) is 4.79 Å². The van der Waals surface area contributed by atoms with E-state index in [0.29, 0.717) is 24.5 Å². The summed E-state index contributed by atoms with van der Waals surface area (Å²) in [6.45, 7) is 3.99. The third kappa shape index (κ3) is 5.21. The van der Waals surface area contributed by atoms with E-state index >= 15 is 0 Å². The SMILES string of the molecule is Cc1cccc(COc2cccc(C(=O)NCCCn3ccnc3)c2)c1. The summed E-state index contributed by atoms with van der Waals surface area (Å²) in [5.41, 5.74) is 2.92. The van der Waals surface area contributed by atoms with E-state index in [-0.39, 0.29) is 5.91 Å². The van der Waals surface area contributed by atoms with Crippen molar-refractivity contribution < 1.29 is 9.53 Å². The van der Waals surface area contributed by atoms with Gasteiger partial charge in [0.25, 0.3) is 5.91 Å². The second-order valence-corrected chi connectivity index (χ2v) is 6.22. The number of aromatic nitrogens is 2. The van der Waals surface area contributed by atoms with Crippen LogP contribution in [0.25, 0.3) is 0 Å². The summed E-state index contributed by atoms with van der Waals surface area (Å²) < 4.78 is 7.81. The molecule has 3 aromatic rings. The van der Waals surface area contributed by atoms with Gasteiger partial charge in [-0.15, -0.1) is 0 Å². The van der Waals surface area contributed by atoms with Gasteiger partial charge in [-0.1, -0.05) is 35.9 Å². The van der Waals surface area contributed by atoms with E-state index in [0.717, 1.165) is 18.5 Å². The average molecular weight is 349 g/mol. The molecule has 26 heavy (non-hydrogen) atoms. The lowest BCUT2D eigenvalue weighted by Crippen LogP contribution is -2.25. The Morgan fingerprint density at radius 1 is 1.19 bits per heavy atom. The molecule has 0 fully saturated rings. The van der Waals surface area contributed by atoms with E-state index in [2.05, 4.69) is 29.4 Å². The highest BCUT2D eigenvalue weighted by Crippen LogP contribution is 2.15. The average Bonchev–Trinajstić information content (AvgIpc) is 3.17. The Labute approximate surface area is 153 Å². The molecule has 1 amide bonds. The van der Waals surface area contributed by atoms with Gasteiger partial charge in [-0.3, -0.25) is 4.79 Å². The smallest absolute Gasteiger partial charge is 0.251 e. The molecule has 0 aliphatic heterocycles. The van der Waals surface area contributed by atoms with Crippen molar-refractivity contribution in [1.29, 1.82) is 0 Å². The number of carbonyl (C=O) groups excluding carboxylic acids is 1. The topological polar surface area (TPSA) is 56.1 Å². The van der Waals surface area contributed by atoms with Gasteiger partial charge in [0, 0.05) is 31.0 Å². The maximum Gasteiger partial charge on any atom is 0.251 e. The predicted molar refractivity (Wildman–Crippen MR) is 101 cm³/mol. The van der Waals surface area contributed by atoms with Crippen molar-refractivity contribution in [2.24, 2.45) is 0 Å². The Hall–Kier alpha value is -3.08. The lowest BCUT2D eigenvalue weighted by Gasteiger charge is -2.09. The quantitative estimate of drug-likeness (QED) is 0.632. The highest BCUT2D eigenvalue weighted by molar-refractivity contribution is 5.94. The number of benzene rings is 2. The molecule has 0 saturated carbocycles. The van der Waals surface area contributed by atoms with Crippen molar-refractivity contribution in [2.75, 3.05) is 6.54 Å². The number of ether oxygens (including phenoxy) is 1. The van der Waals surface area contributed by atoms with E-state index in [1.807, 2.05) is 35.0 Å². The van der Waals surface area contributed by atoms with Crippen LogP contribution in [-0.2, 0) is 13.2 Å². The van der Waals surface area contributed by atoms with Gasteiger partial charge in [-0.2, -0.15) is 0 Å². The fraction of sp³-hybridized carbons (Fsp3) is 0.238. The van der Waals surface area contributed by atoms with Crippen LogP contribution in [0.15, 0.2) is 67.3 Å². The minimum absolute atomic E-state index is 0.0864. The maximum absolute atomic E-state index is 12.3. The van der Waals surface area contributed by atoms with Crippen molar-refractivity contribution in [2.45, 2.75) is 26.5 Å². The molecule has 5 nitrogen and oxygen atoms in total. The summed E-state index contributed by atoms with van der Waals surface area (Å²) in [7, 11) is 0. The second kappa shape index (κ2) is 8.85. The molecule has 1 heterocycles. The fourth-order valence-electron chi connectivity index (χ4n) is 2.68. The summed E-state index contributed by atoms with van der Waals surface area (Å²) in [6.07, 6.45) is 6.29. The summed E-state index contributed by atoms with van der Waals surface area (Å²) in [4.78, 5) is 16.3. The molecule has 0 spiro atoms. The van der Waals surface area contributed by atoms with Gasteiger partial charge in [0.2, 0.25) is 0 Å². The molecule has 0 atom stereocenters. The molecule has 134 valence electrons. The summed E-state index contributed by atoms with van der Waals surface area (Å²) in [5.74, 6) is 0.606. The van der Waals surface area contributed by atoms with Gasteiger partial charge in [-0.05, 0) is 37.1 Å². The van der Waals surface area contributed by atoms with Gasteiger partial charge in [0.05, 0.1) is 6.33 Å². The number of nitrogens with one attached hydrogen (secondary N) is 1. The zero-order valence-electron chi connectivity index (χ0n) is 14.9. The number of amides is 1. The third-order valence-electron chi connectivity index (χ3n) is 4.02. The van der Waals surface area contributed by atoms with E-state index in [1.165, 1.54) is 5.56 Å². The van der Waals surface area contributed by atoms with E-state index in [1.54, 1.807) is 24.7 Å². The predicted octanol–water partition coefficient (Wildman–Crippen LogP) is 3.59. The maximum atomic E-state index is 12.3. The molecular weight excluding hydrogens is 326 g/mol. The zero-order chi connectivity index (χ0) is 18.2. The van der Waals surface area contributed by atoms with Crippen LogP contribution < -0.4 is 10.1 Å². The van der Waals surface area contributed by atoms with Crippen molar-refractivity contribution in [3.8, 4) is 5.75 Å². The lowest BCUT2D eigenvalue weighted by molar-refractivity contribution is 0.0952. The van der Waals surface area contributed by atoms with Gasteiger partial charge in [-0.25, -0.2) is 4.98 Å². The normalized spacial score (nSPS) is 10.5. The van der Waals surface area contributed by atoms with Crippen LogP contribution >= 0.6 is 0 Å². The minimum atomic E-state index is -0.0864. The highest BCUT2D eigenvalue weighted by Gasteiger charge is 2.06. The first-order chi connectivity index (χ1) is 12.7. The first-order valence-electron chi connectivity index (χ1n) is 8.73. The van der Waals surface area contributed by atoms with Gasteiger partial charge in [0.15, 0.2) is 0 Å². The first-order valence-corrected chi connectivity index (χ1v) is 8.73. The number of imidazole rings is 1. The zero-order valence-corrected chi connectivity index (χ0v) is 14.9. The number of aryl methyl sites for hydroxylation is 2. The Bertz CT molecular complexity index is 844. The molecule has 0 aliphatic rings. The Morgan fingerprint density at radius 3 is 2.88 bits per heavy atom.